The zero-order valence-corrected chi connectivity index (χ0v) is 19.7. The number of halogens is 1. The van der Waals surface area contributed by atoms with Crippen molar-refractivity contribution in [1.29, 1.82) is 0 Å². The Balaban J connectivity index is 1.84. The van der Waals surface area contributed by atoms with E-state index >= 15 is 0 Å². The summed E-state index contributed by atoms with van der Waals surface area (Å²) in [6.45, 7) is 3.89. The summed E-state index contributed by atoms with van der Waals surface area (Å²) in [7, 11) is 1.57. The number of benzene rings is 3. The molecule has 1 amide bonds. The van der Waals surface area contributed by atoms with Crippen LogP contribution in [0.3, 0.4) is 0 Å². The molecule has 0 saturated heterocycles. The summed E-state index contributed by atoms with van der Waals surface area (Å²) in [4.78, 5) is 41.4. The van der Waals surface area contributed by atoms with Gasteiger partial charge in [-0.1, -0.05) is 48.5 Å². The molecule has 8 heteroatoms. The van der Waals surface area contributed by atoms with Crippen molar-refractivity contribution in [2.75, 3.05) is 7.05 Å². The van der Waals surface area contributed by atoms with E-state index in [1.54, 1.807) is 25.2 Å². The number of rotatable bonds is 6. The van der Waals surface area contributed by atoms with E-state index in [1.807, 2.05) is 50.2 Å². The van der Waals surface area contributed by atoms with Gasteiger partial charge in [-0.2, -0.15) is 9.78 Å². The van der Waals surface area contributed by atoms with Crippen molar-refractivity contribution in [3.8, 4) is 5.69 Å². The molecule has 0 saturated carbocycles. The van der Waals surface area contributed by atoms with Crippen LogP contribution in [-0.2, 0) is 13.1 Å². The first-order valence-corrected chi connectivity index (χ1v) is 11.1. The molecule has 0 fully saturated rings. The van der Waals surface area contributed by atoms with Gasteiger partial charge in [-0.25, -0.2) is 9.18 Å². The van der Waals surface area contributed by atoms with Gasteiger partial charge in [0.1, 0.15) is 5.82 Å². The van der Waals surface area contributed by atoms with Gasteiger partial charge in [0.25, 0.3) is 11.5 Å². The van der Waals surface area contributed by atoms with Crippen LogP contribution in [-0.4, -0.2) is 32.2 Å². The molecule has 0 bridgehead atoms. The van der Waals surface area contributed by atoms with E-state index in [0.717, 1.165) is 25.9 Å². The highest BCUT2D eigenvalue weighted by Crippen LogP contribution is 2.13. The summed E-state index contributed by atoms with van der Waals surface area (Å²) >= 11 is 0. The fourth-order valence-electron chi connectivity index (χ4n) is 3.74. The average molecular weight is 473 g/mol. The average Bonchev–Trinajstić information content (AvgIpc) is 2.84. The Labute approximate surface area is 201 Å². The van der Waals surface area contributed by atoms with Crippen molar-refractivity contribution >= 4 is 5.91 Å². The molecule has 3 aromatic carbocycles. The van der Waals surface area contributed by atoms with Gasteiger partial charge in [0, 0.05) is 13.6 Å². The molecule has 0 unspecified atom stereocenters. The first kappa shape index (κ1) is 23.8. The Morgan fingerprint density at radius 3 is 2.31 bits per heavy atom. The maximum absolute atomic E-state index is 13.8. The molecule has 4 aromatic rings. The van der Waals surface area contributed by atoms with E-state index in [9.17, 15) is 18.8 Å². The highest BCUT2D eigenvalue weighted by atomic mass is 19.1. The fraction of sp³-hybridized carbons (Fsp3) is 0.185. The molecule has 0 atom stereocenters. The van der Waals surface area contributed by atoms with Crippen molar-refractivity contribution in [2.45, 2.75) is 26.9 Å². The highest BCUT2D eigenvalue weighted by molar-refractivity contribution is 5.91. The smallest absolute Gasteiger partial charge is 0.336 e. The number of hydrogen-bond acceptors (Lipinski definition) is 4. The second kappa shape index (κ2) is 9.89. The Hall–Kier alpha value is -4.33. The number of aromatic nitrogens is 3. The van der Waals surface area contributed by atoms with E-state index in [4.69, 9.17) is 0 Å². The van der Waals surface area contributed by atoms with Gasteiger partial charge in [-0.3, -0.25) is 14.2 Å². The van der Waals surface area contributed by atoms with Crippen molar-refractivity contribution in [3.63, 3.8) is 0 Å². The van der Waals surface area contributed by atoms with Gasteiger partial charge in [-0.05, 0) is 60.4 Å². The lowest BCUT2D eigenvalue weighted by Crippen LogP contribution is -2.46. The van der Waals surface area contributed by atoms with Crippen molar-refractivity contribution in [1.82, 2.24) is 19.2 Å². The van der Waals surface area contributed by atoms with Gasteiger partial charge < -0.3 is 4.90 Å². The van der Waals surface area contributed by atoms with Crippen LogP contribution in [0.4, 0.5) is 4.39 Å². The quantitative estimate of drug-likeness (QED) is 0.431. The normalized spacial score (nSPS) is 10.9. The molecule has 0 N–H and O–H groups in total. The standard InChI is InChI=1S/C27H25FN4O3/c1-18-12-13-23(14-19(18)2)32-27(35)31(17-21-10-7-11-22(28)15-21)26(34)24(29-32)25(33)30(3)16-20-8-5-4-6-9-20/h4-15H,16-17H2,1-3H3. The first-order valence-electron chi connectivity index (χ1n) is 11.1. The molecule has 35 heavy (non-hydrogen) atoms. The second-order valence-corrected chi connectivity index (χ2v) is 8.48. The third-order valence-corrected chi connectivity index (χ3v) is 5.84. The van der Waals surface area contributed by atoms with Crippen LogP contribution < -0.4 is 11.2 Å². The van der Waals surface area contributed by atoms with Crippen LogP contribution in [0.25, 0.3) is 5.69 Å². The van der Waals surface area contributed by atoms with Crippen LogP contribution in [0, 0.1) is 19.7 Å². The summed E-state index contributed by atoms with van der Waals surface area (Å²) in [5.74, 6) is -1.11. The van der Waals surface area contributed by atoms with E-state index in [-0.39, 0.29) is 13.1 Å². The van der Waals surface area contributed by atoms with Crippen molar-refractivity contribution in [3.05, 3.63) is 127 Å². The number of carbonyl (C=O) groups is 1. The monoisotopic (exact) mass is 472 g/mol. The third kappa shape index (κ3) is 5.11. The van der Waals surface area contributed by atoms with E-state index in [0.29, 0.717) is 11.3 Å². The zero-order valence-electron chi connectivity index (χ0n) is 19.7. The van der Waals surface area contributed by atoms with Gasteiger partial charge in [0.15, 0.2) is 0 Å². The summed E-state index contributed by atoms with van der Waals surface area (Å²) in [6.07, 6.45) is 0. The predicted molar refractivity (Wildman–Crippen MR) is 131 cm³/mol. The van der Waals surface area contributed by atoms with Gasteiger partial charge in [0.05, 0.1) is 12.2 Å². The molecule has 0 spiro atoms. The Bertz CT molecular complexity index is 1510. The van der Waals surface area contributed by atoms with Gasteiger partial charge in [0.2, 0.25) is 5.69 Å². The SMILES string of the molecule is Cc1ccc(-n2nc(C(=O)N(C)Cc3ccccc3)c(=O)n(Cc3cccc(F)c3)c2=O)cc1C. The molecule has 0 aliphatic carbocycles. The van der Waals surface area contributed by atoms with E-state index in [2.05, 4.69) is 5.10 Å². The summed E-state index contributed by atoms with van der Waals surface area (Å²) < 4.78 is 15.7. The van der Waals surface area contributed by atoms with E-state index in [1.165, 1.54) is 23.1 Å². The molecular formula is C27H25FN4O3. The largest absolute Gasteiger partial charge is 0.352 e. The molecule has 0 radical (unpaired) electrons. The van der Waals surface area contributed by atoms with Crippen LogP contribution in [0.1, 0.15) is 32.7 Å². The maximum Gasteiger partial charge on any atom is 0.352 e. The van der Waals surface area contributed by atoms with Gasteiger partial charge in [-0.15, -0.1) is 0 Å². The minimum absolute atomic E-state index is 0.203. The van der Waals surface area contributed by atoms with Crippen LogP contribution >= 0.6 is 0 Å². The Morgan fingerprint density at radius 2 is 1.63 bits per heavy atom. The maximum atomic E-state index is 13.8. The molecular weight excluding hydrogens is 447 g/mol. The number of nitrogens with zero attached hydrogens (tertiary/aromatic N) is 4. The fourth-order valence-corrected chi connectivity index (χ4v) is 3.74. The Morgan fingerprint density at radius 1 is 0.914 bits per heavy atom. The topological polar surface area (TPSA) is 77.2 Å². The highest BCUT2D eigenvalue weighted by Gasteiger charge is 2.23. The molecule has 1 aromatic heterocycles. The number of carbonyl (C=O) groups excluding carboxylic acids is 1. The van der Waals surface area contributed by atoms with Gasteiger partial charge >= 0.3 is 5.69 Å². The zero-order chi connectivity index (χ0) is 25.1. The first-order chi connectivity index (χ1) is 16.7. The van der Waals surface area contributed by atoms with Crippen LogP contribution in [0.15, 0.2) is 82.4 Å². The molecule has 7 nitrogen and oxygen atoms in total. The number of aryl methyl sites for hydroxylation is 2. The van der Waals surface area contributed by atoms with Crippen LogP contribution in [0.2, 0.25) is 0 Å². The molecule has 1 heterocycles. The molecule has 0 aliphatic heterocycles. The predicted octanol–water partition coefficient (Wildman–Crippen LogP) is 3.47. The summed E-state index contributed by atoms with van der Waals surface area (Å²) in [5.41, 5.74) is 1.73. The van der Waals surface area contributed by atoms with E-state index < -0.39 is 28.7 Å². The number of amides is 1. The molecule has 178 valence electrons. The lowest BCUT2D eigenvalue weighted by molar-refractivity contribution is 0.0773. The second-order valence-electron chi connectivity index (χ2n) is 8.48. The van der Waals surface area contributed by atoms with Crippen molar-refractivity contribution in [2.24, 2.45) is 0 Å². The minimum atomic E-state index is -0.829. The lowest BCUT2D eigenvalue weighted by Gasteiger charge is -2.18. The molecule has 0 aliphatic rings. The van der Waals surface area contributed by atoms with Crippen LogP contribution in [0.5, 0.6) is 0 Å². The van der Waals surface area contributed by atoms with Crippen molar-refractivity contribution < 1.29 is 9.18 Å². The molecule has 4 rings (SSSR count). The number of hydrogen-bond donors (Lipinski definition) is 0. The summed E-state index contributed by atoms with van der Waals surface area (Å²) in [6, 6.07) is 20.3. The summed E-state index contributed by atoms with van der Waals surface area (Å²) in [5, 5.41) is 4.20. The Kier molecular flexibility index (Phi) is 6.73. The minimum Gasteiger partial charge on any atom is -0.336 e. The lowest BCUT2D eigenvalue weighted by atomic mass is 10.1. The third-order valence-electron chi connectivity index (χ3n) is 5.84.